The van der Waals surface area contributed by atoms with Crippen molar-refractivity contribution in [3.05, 3.63) is 35.8 Å². The summed E-state index contributed by atoms with van der Waals surface area (Å²) in [5.74, 6) is -0.224. The Hall–Kier alpha value is -1.68. The quantitative estimate of drug-likeness (QED) is 0.827. The SMILES string of the molecule is CN1CCC[C@H]1C(=O)c1c[nH]c2c(F)cccc12. The summed E-state index contributed by atoms with van der Waals surface area (Å²) in [4.78, 5) is 17.4. The molecule has 4 heteroatoms. The van der Waals surface area contributed by atoms with Gasteiger partial charge in [-0.3, -0.25) is 9.69 Å². The number of carbonyl (C=O) groups is 1. The Bertz CT molecular complexity index is 605. The Labute approximate surface area is 105 Å². The standard InChI is InChI=1S/C14H15FN2O/c1-17-7-3-6-12(17)14(18)10-8-16-13-9(10)4-2-5-11(13)15/h2,4-5,8,12,16H,3,6-7H2,1H3/t12-/m0/s1. The van der Waals surface area contributed by atoms with Gasteiger partial charge in [0.1, 0.15) is 5.82 Å². The van der Waals surface area contributed by atoms with Gasteiger partial charge in [-0.25, -0.2) is 4.39 Å². The van der Waals surface area contributed by atoms with Crippen molar-refractivity contribution in [3.63, 3.8) is 0 Å². The van der Waals surface area contributed by atoms with Crippen molar-refractivity contribution in [2.75, 3.05) is 13.6 Å². The summed E-state index contributed by atoms with van der Waals surface area (Å²) in [6.07, 6.45) is 3.56. The molecule has 3 rings (SSSR count). The number of nitrogens with zero attached hydrogens (tertiary/aromatic N) is 1. The normalized spacial score (nSPS) is 20.7. The van der Waals surface area contributed by atoms with Gasteiger partial charge in [-0.1, -0.05) is 12.1 Å². The molecular weight excluding hydrogens is 231 g/mol. The van der Waals surface area contributed by atoms with Gasteiger partial charge in [0.25, 0.3) is 0 Å². The van der Waals surface area contributed by atoms with Gasteiger partial charge in [-0.15, -0.1) is 0 Å². The minimum absolute atomic E-state index is 0.0627. The topological polar surface area (TPSA) is 36.1 Å². The molecule has 1 fully saturated rings. The summed E-state index contributed by atoms with van der Waals surface area (Å²) in [7, 11) is 1.96. The van der Waals surface area contributed by atoms with E-state index in [2.05, 4.69) is 9.88 Å². The van der Waals surface area contributed by atoms with E-state index in [9.17, 15) is 9.18 Å². The van der Waals surface area contributed by atoms with Crippen molar-refractivity contribution >= 4 is 16.7 Å². The van der Waals surface area contributed by atoms with Gasteiger partial charge in [-0.05, 0) is 32.5 Å². The van der Waals surface area contributed by atoms with Crippen LogP contribution in [0, 0.1) is 5.82 Å². The van der Waals surface area contributed by atoms with Crippen LogP contribution in [0.3, 0.4) is 0 Å². The number of H-pyrrole nitrogens is 1. The molecule has 0 bridgehead atoms. The number of ketones is 1. The van der Waals surface area contributed by atoms with Crippen LogP contribution >= 0.6 is 0 Å². The highest BCUT2D eigenvalue weighted by Crippen LogP contribution is 2.25. The molecule has 1 atom stereocenters. The molecule has 0 unspecified atom stereocenters. The Balaban J connectivity index is 2.04. The Kier molecular flexibility index (Phi) is 2.67. The Morgan fingerprint density at radius 3 is 3.06 bits per heavy atom. The molecule has 1 N–H and O–H groups in total. The van der Waals surface area contributed by atoms with Crippen molar-refractivity contribution in [1.29, 1.82) is 0 Å². The number of hydrogen-bond donors (Lipinski definition) is 1. The maximum absolute atomic E-state index is 13.6. The molecule has 1 saturated heterocycles. The monoisotopic (exact) mass is 246 g/mol. The van der Waals surface area contributed by atoms with E-state index in [0.29, 0.717) is 16.5 Å². The fourth-order valence-corrected chi connectivity index (χ4v) is 2.74. The number of Topliss-reactive ketones (excluding diaryl/α,β-unsaturated/α-hetero) is 1. The van der Waals surface area contributed by atoms with Gasteiger partial charge < -0.3 is 4.98 Å². The zero-order chi connectivity index (χ0) is 12.7. The lowest BCUT2D eigenvalue weighted by Crippen LogP contribution is -2.32. The summed E-state index contributed by atoms with van der Waals surface area (Å²) >= 11 is 0. The number of fused-ring (bicyclic) bond motifs is 1. The van der Waals surface area contributed by atoms with E-state index in [-0.39, 0.29) is 17.6 Å². The number of benzene rings is 1. The molecule has 1 aliphatic rings. The molecule has 1 aromatic heterocycles. The number of rotatable bonds is 2. The fraction of sp³-hybridized carbons (Fsp3) is 0.357. The highest BCUT2D eigenvalue weighted by Gasteiger charge is 2.30. The van der Waals surface area contributed by atoms with Crippen LogP contribution < -0.4 is 0 Å². The summed E-state index contributed by atoms with van der Waals surface area (Å²) < 4.78 is 13.6. The van der Waals surface area contributed by atoms with Crippen molar-refractivity contribution in [2.24, 2.45) is 0 Å². The predicted octanol–water partition coefficient (Wildman–Crippen LogP) is 2.58. The molecule has 3 nitrogen and oxygen atoms in total. The first-order chi connectivity index (χ1) is 8.68. The lowest BCUT2D eigenvalue weighted by Gasteiger charge is -2.17. The number of para-hydroxylation sites is 1. The minimum Gasteiger partial charge on any atom is -0.358 e. The molecule has 0 saturated carbocycles. The lowest BCUT2D eigenvalue weighted by atomic mass is 10.0. The van der Waals surface area contributed by atoms with E-state index < -0.39 is 0 Å². The van der Waals surface area contributed by atoms with E-state index in [0.717, 1.165) is 19.4 Å². The maximum Gasteiger partial charge on any atom is 0.182 e. The second-order valence-electron chi connectivity index (χ2n) is 4.87. The van der Waals surface area contributed by atoms with Crippen LogP contribution in [0.5, 0.6) is 0 Å². The zero-order valence-electron chi connectivity index (χ0n) is 10.2. The molecule has 1 aromatic carbocycles. The van der Waals surface area contributed by atoms with E-state index >= 15 is 0 Å². The van der Waals surface area contributed by atoms with Crippen molar-refractivity contribution in [3.8, 4) is 0 Å². The molecular formula is C14H15FN2O. The van der Waals surface area contributed by atoms with Gasteiger partial charge in [-0.2, -0.15) is 0 Å². The number of likely N-dealkylation sites (tertiary alicyclic amines) is 1. The molecule has 2 heterocycles. The van der Waals surface area contributed by atoms with Gasteiger partial charge in [0, 0.05) is 17.1 Å². The number of halogens is 1. The van der Waals surface area contributed by atoms with Crippen LogP contribution in [0.2, 0.25) is 0 Å². The van der Waals surface area contributed by atoms with Crippen molar-refractivity contribution in [2.45, 2.75) is 18.9 Å². The van der Waals surface area contributed by atoms with Crippen LogP contribution in [-0.4, -0.2) is 35.3 Å². The second kappa shape index (κ2) is 4.21. The van der Waals surface area contributed by atoms with Crippen LogP contribution in [0.25, 0.3) is 10.9 Å². The van der Waals surface area contributed by atoms with Crippen molar-refractivity contribution in [1.82, 2.24) is 9.88 Å². The lowest BCUT2D eigenvalue weighted by molar-refractivity contribution is 0.0892. The molecule has 0 spiro atoms. The van der Waals surface area contributed by atoms with Crippen LogP contribution in [0.4, 0.5) is 4.39 Å². The molecule has 1 aliphatic heterocycles. The first-order valence-corrected chi connectivity index (χ1v) is 6.18. The Morgan fingerprint density at radius 1 is 1.50 bits per heavy atom. The maximum atomic E-state index is 13.6. The number of nitrogens with one attached hydrogen (secondary N) is 1. The summed E-state index contributed by atoms with van der Waals surface area (Å²) in [5.41, 5.74) is 1.02. The molecule has 0 amide bonds. The average molecular weight is 246 g/mol. The molecule has 2 aromatic rings. The van der Waals surface area contributed by atoms with Crippen LogP contribution in [0.15, 0.2) is 24.4 Å². The Morgan fingerprint density at radius 2 is 2.33 bits per heavy atom. The van der Waals surface area contributed by atoms with Gasteiger partial charge >= 0.3 is 0 Å². The molecule has 0 aliphatic carbocycles. The number of aromatic amines is 1. The number of aromatic nitrogens is 1. The fourth-order valence-electron chi connectivity index (χ4n) is 2.74. The van der Waals surface area contributed by atoms with Crippen LogP contribution in [-0.2, 0) is 0 Å². The van der Waals surface area contributed by atoms with Crippen molar-refractivity contribution < 1.29 is 9.18 Å². The van der Waals surface area contributed by atoms with E-state index in [1.807, 2.05) is 7.05 Å². The van der Waals surface area contributed by atoms with Gasteiger partial charge in [0.2, 0.25) is 0 Å². The highest BCUT2D eigenvalue weighted by molar-refractivity contribution is 6.10. The average Bonchev–Trinajstić information content (AvgIpc) is 2.95. The predicted molar refractivity (Wildman–Crippen MR) is 68.2 cm³/mol. The first kappa shape index (κ1) is 11.4. The van der Waals surface area contributed by atoms with Gasteiger partial charge in [0.05, 0.1) is 11.6 Å². The summed E-state index contributed by atoms with van der Waals surface area (Å²) in [6.45, 7) is 0.952. The number of hydrogen-bond acceptors (Lipinski definition) is 2. The molecule has 18 heavy (non-hydrogen) atoms. The largest absolute Gasteiger partial charge is 0.358 e. The minimum atomic E-state index is -0.314. The van der Waals surface area contributed by atoms with Crippen LogP contribution in [0.1, 0.15) is 23.2 Å². The summed E-state index contributed by atoms with van der Waals surface area (Å²) in [6, 6.07) is 4.76. The molecule has 94 valence electrons. The number of carbonyl (C=O) groups excluding carboxylic acids is 1. The first-order valence-electron chi connectivity index (χ1n) is 6.18. The molecule has 0 radical (unpaired) electrons. The van der Waals surface area contributed by atoms with Gasteiger partial charge in [0.15, 0.2) is 5.78 Å². The van der Waals surface area contributed by atoms with E-state index in [1.54, 1.807) is 18.3 Å². The number of likely N-dealkylation sites (N-methyl/N-ethyl adjacent to an activating group) is 1. The third-order valence-electron chi connectivity index (χ3n) is 3.75. The highest BCUT2D eigenvalue weighted by atomic mass is 19.1. The van der Waals surface area contributed by atoms with E-state index in [1.165, 1.54) is 6.07 Å². The third kappa shape index (κ3) is 1.64. The smallest absolute Gasteiger partial charge is 0.182 e. The summed E-state index contributed by atoms with van der Waals surface area (Å²) in [5, 5.41) is 0.681. The second-order valence-corrected chi connectivity index (χ2v) is 4.87. The van der Waals surface area contributed by atoms with E-state index in [4.69, 9.17) is 0 Å². The zero-order valence-corrected chi connectivity index (χ0v) is 10.2. The third-order valence-corrected chi connectivity index (χ3v) is 3.75.